The first kappa shape index (κ1) is 49.0. The van der Waals surface area contributed by atoms with Gasteiger partial charge in [0.1, 0.15) is 23.7 Å². The molecule has 16 atom stereocenters. The van der Waals surface area contributed by atoms with Gasteiger partial charge in [-0.2, -0.15) is 0 Å². The molecule has 1 heterocycles. The lowest BCUT2D eigenvalue weighted by Crippen LogP contribution is -2.60. The van der Waals surface area contributed by atoms with E-state index in [1.807, 2.05) is 6.07 Å². The Morgan fingerprint density at radius 2 is 1.34 bits per heavy atom. The summed E-state index contributed by atoms with van der Waals surface area (Å²) < 4.78 is 35.6. The molecular formula is C57H81IO5S. The van der Waals surface area contributed by atoms with E-state index in [0.29, 0.717) is 30.0 Å². The minimum Gasteiger partial charge on any atom is -0.368 e. The highest BCUT2D eigenvalue weighted by Gasteiger charge is 2.61. The van der Waals surface area contributed by atoms with Gasteiger partial charge in [0.05, 0.1) is 29.3 Å². The van der Waals surface area contributed by atoms with Gasteiger partial charge in [0.15, 0.2) is 6.29 Å². The Bertz CT molecular complexity index is 1880. The van der Waals surface area contributed by atoms with Gasteiger partial charge in [0, 0.05) is 4.90 Å². The van der Waals surface area contributed by atoms with Crippen molar-refractivity contribution in [3.8, 4) is 0 Å². The third-order valence-electron chi connectivity index (χ3n) is 17.4. The van der Waals surface area contributed by atoms with E-state index >= 15 is 0 Å². The highest BCUT2D eigenvalue weighted by atomic mass is 127. The Balaban J connectivity index is 0.983. The fourth-order valence-corrected chi connectivity index (χ4v) is 15.4. The average molecular weight is 1010 g/mol. The third kappa shape index (κ3) is 11.2. The number of aryl methyl sites for hydroxylation is 1. The molecule has 0 spiro atoms. The van der Waals surface area contributed by atoms with Crippen molar-refractivity contribution in [1.29, 1.82) is 0 Å². The zero-order valence-corrected chi connectivity index (χ0v) is 43.4. The summed E-state index contributed by atoms with van der Waals surface area (Å²) in [5, 5.41) is 0. The molecule has 0 aromatic heterocycles. The maximum Gasteiger partial charge on any atom is 0.170 e. The number of alkyl halides is 1. The van der Waals surface area contributed by atoms with E-state index in [-0.39, 0.29) is 27.7 Å². The number of hydrogen-bond acceptors (Lipinski definition) is 6. The summed E-state index contributed by atoms with van der Waals surface area (Å²) in [6, 6.07) is 29.6. The Kier molecular flexibility index (Phi) is 16.7. The molecular weight excluding hydrogens is 924 g/mol. The molecule has 1 aliphatic heterocycles. The van der Waals surface area contributed by atoms with Gasteiger partial charge in [-0.3, -0.25) is 0 Å². The number of rotatable bonds is 18. The van der Waals surface area contributed by atoms with Crippen molar-refractivity contribution in [1.82, 2.24) is 0 Å². The molecule has 0 bridgehead atoms. The van der Waals surface area contributed by atoms with E-state index in [2.05, 4.69) is 157 Å². The summed E-state index contributed by atoms with van der Waals surface area (Å²) in [5.74, 6) is 5.96. The molecule has 4 saturated carbocycles. The normalized spacial score (nSPS) is 36.4. The van der Waals surface area contributed by atoms with Crippen molar-refractivity contribution in [2.24, 2.45) is 52.3 Å². The van der Waals surface area contributed by atoms with Crippen LogP contribution < -0.4 is 0 Å². The van der Waals surface area contributed by atoms with Crippen molar-refractivity contribution in [2.45, 2.75) is 197 Å². The van der Waals surface area contributed by atoms with Gasteiger partial charge in [-0.15, -0.1) is 0 Å². The van der Waals surface area contributed by atoms with Gasteiger partial charge in [0.25, 0.3) is 0 Å². The summed E-state index contributed by atoms with van der Waals surface area (Å²) in [7, 11) is 0. The van der Waals surface area contributed by atoms with Crippen molar-refractivity contribution in [3.63, 3.8) is 0 Å². The summed E-state index contributed by atoms with van der Waals surface area (Å²) in [6.45, 7) is 20.3. The van der Waals surface area contributed by atoms with Crippen LogP contribution in [0.4, 0.5) is 0 Å². The topological polar surface area (TPSA) is 46.2 Å². The second-order valence-corrected chi connectivity index (χ2v) is 25.2. The van der Waals surface area contributed by atoms with Crippen molar-refractivity contribution in [2.75, 3.05) is 0 Å². The summed E-state index contributed by atoms with van der Waals surface area (Å²) in [5.41, 5.74) is 4.11. The average Bonchev–Trinajstić information content (AvgIpc) is 3.64. The molecule has 352 valence electrons. The first-order chi connectivity index (χ1) is 30.8. The number of halogens is 1. The fourth-order valence-electron chi connectivity index (χ4n) is 13.9. The van der Waals surface area contributed by atoms with Gasteiger partial charge < -0.3 is 23.7 Å². The SMILES string of the molecule is Cc1ccc(S[C@@H]2O[C@@H](C)[C@H](OCc3ccccc3)[C@@H](OCc3ccccc3)[C@H]2OC(O[C@H]2CC[C@@]3(C)[C@@H](CC[C@@H]4[C@@H]3CC[C@]3(C)[C@@H]([C@H](C)CCCC(C)C)CC[C@@H]43)C2)C(C)I)cc1. The van der Waals surface area contributed by atoms with Crippen LogP contribution >= 0.6 is 34.4 Å². The molecule has 64 heavy (non-hydrogen) atoms. The van der Waals surface area contributed by atoms with Gasteiger partial charge in [-0.25, -0.2) is 0 Å². The lowest BCUT2D eigenvalue weighted by atomic mass is 9.44. The van der Waals surface area contributed by atoms with E-state index in [9.17, 15) is 0 Å². The Labute approximate surface area is 406 Å². The molecule has 5 aliphatic rings. The molecule has 4 aliphatic carbocycles. The number of ether oxygens (including phenoxy) is 5. The fraction of sp³-hybridized carbons (Fsp3) is 0.684. The molecule has 2 unspecified atom stereocenters. The minimum atomic E-state index is -0.441. The summed E-state index contributed by atoms with van der Waals surface area (Å²) in [6.07, 6.45) is 14.6. The molecule has 0 N–H and O–H groups in total. The van der Waals surface area contributed by atoms with Crippen LogP contribution in [-0.4, -0.2) is 46.2 Å². The van der Waals surface area contributed by atoms with Crippen LogP contribution in [0.1, 0.15) is 142 Å². The van der Waals surface area contributed by atoms with Crippen LogP contribution in [0, 0.1) is 59.2 Å². The summed E-state index contributed by atoms with van der Waals surface area (Å²) >= 11 is 4.25. The quantitative estimate of drug-likeness (QED) is 0.0719. The Morgan fingerprint density at radius 1 is 0.703 bits per heavy atom. The second-order valence-electron chi connectivity index (χ2n) is 22.0. The molecule has 0 radical (unpaired) electrons. The van der Waals surface area contributed by atoms with E-state index in [1.54, 1.807) is 11.8 Å². The van der Waals surface area contributed by atoms with Crippen molar-refractivity contribution < 1.29 is 23.7 Å². The summed E-state index contributed by atoms with van der Waals surface area (Å²) in [4.78, 5) is 1.15. The molecule has 3 aromatic rings. The number of benzene rings is 3. The maximum absolute atomic E-state index is 7.39. The minimum absolute atomic E-state index is 0.114. The van der Waals surface area contributed by atoms with Crippen molar-refractivity contribution in [3.05, 3.63) is 102 Å². The van der Waals surface area contributed by atoms with Crippen molar-refractivity contribution >= 4 is 34.4 Å². The second kappa shape index (κ2) is 21.9. The molecule has 5 nitrogen and oxygen atoms in total. The van der Waals surface area contributed by atoms with Crippen LogP contribution in [0.25, 0.3) is 0 Å². The van der Waals surface area contributed by atoms with Gasteiger partial charge in [-0.1, -0.05) is 167 Å². The maximum atomic E-state index is 7.39. The first-order valence-corrected chi connectivity index (χ1v) is 27.6. The van der Waals surface area contributed by atoms with Crippen LogP contribution in [0.15, 0.2) is 89.8 Å². The highest BCUT2D eigenvalue weighted by Crippen LogP contribution is 2.68. The van der Waals surface area contributed by atoms with E-state index in [0.717, 1.165) is 64.4 Å². The molecule has 7 heteroatoms. The molecule has 5 fully saturated rings. The molecule has 8 rings (SSSR count). The molecule has 1 saturated heterocycles. The van der Waals surface area contributed by atoms with Crippen LogP contribution in [0.5, 0.6) is 0 Å². The molecule has 0 amide bonds. The van der Waals surface area contributed by atoms with E-state index in [1.165, 1.54) is 69.8 Å². The zero-order chi connectivity index (χ0) is 45.0. The zero-order valence-electron chi connectivity index (χ0n) is 40.5. The van der Waals surface area contributed by atoms with Crippen LogP contribution in [0.3, 0.4) is 0 Å². The largest absolute Gasteiger partial charge is 0.368 e. The number of hydrogen-bond donors (Lipinski definition) is 0. The Hall–Kier alpha value is -1.46. The lowest BCUT2D eigenvalue weighted by Gasteiger charge is -2.61. The van der Waals surface area contributed by atoms with E-state index < -0.39 is 18.5 Å². The number of fused-ring (bicyclic) bond motifs is 5. The van der Waals surface area contributed by atoms with Gasteiger partial charge in [0.2, 0.25) is 0 Å². The van der Waals surface area contributed by atoms with Gasteiger partial charge >= 0.3 is 0 Å². The van der Waals surface area contributed by atoms with Crippen LogP contribution in [0.2, 0.25) is 0 Å². The predicted molar refractivity (Wildman–Crippen MR) is 271 cm³/mol. The van der Waals surface area contributed by atoms with E-state index in [4.69, 9.17) is 23.7 Å². The third-order valence-corrected chi connectivity index (χ3v) is 19.1. The smallest absolute Gasteiger partial charge is 0.170 e. The predicted octanol–water partition coefficient (Wildman–Crippen LogP) is 15.0. The number of thioether (sulfide) groups is 1. The van der Waals surface area contributed by atoms with Gasteiger partial charge in [-0.05, 0) is 154 Å². The first-order valence-electron chi connectivity index (χ1n) is 25.5. The highest BCUT2D eigenvalue weighted by molar-refractivity contribution is 14.1. The molecule has 3 aromatic carbocycles. The monoisotopic (exact) mass is 1000 g/mol. The standard InChI is InChI=1S/C57H81IO5S/c1-37(2)16-15-17-39(4)48-28-29-49-47-27-24-44-34-45(30-32-56(44,7)50(47)31-33-57(48,49)8)62-54(40(5)58)63-53-52(60-36-43-20-13-10-14-21-43)51(59-35-42-18-11-9-12-19-42)41(6)61-55(53)64-46-25-22-38(3)23-26-46/h9-14,18-23,25-26,37,39-41,44-45,47-55H,15-17,24,27-36H2,1-8H3/t39-,40?,41+,44+,45+,47+,48-,49+,50+,51+,52-,53-,54?,55+,56+,57-/m1/s1. The Morgan fingerprint density at radius 3 is 2.00 bits per heavy atom. The van der Waals surface area contributed by atoms with Crippen LogP contribution in [-0.2, 0) is 36.9 Å². The lowest BCUT2D eigenvalue weighted by molar-refractivity contribution is -0.286.